The average Bonchev–Trinajstić information content (AvgIpc) is 2.70. The summed E-state index contributed by atoms with van der Waals surface area (Å²) in [6.07, 6.45) is 2.39. The Hall–Kier alpha value is -2.95. The highest BCUT2D eigenvalue weighted by molar-refractivity contribution is 6.31. The number of pyridine rings is 1. The van der Waals surface area contributed by atoms with E-state index >= 15 is 0 Å². The van der Waals surface area contributed by atoms with Crippen molar-refractivity contribution in [2.45, 2.75) is 24.8 Å². The summed E-state index contributed by atoms with van der Waals surface area (Å²) in [5.74, 6) is -0.728. The molecule has 3 rings (SSSR count). The molecule has 0 unspecified atom stereocenters. The van der Waals surface area contributed by atoms with E-state index in [0.717, 1.165) is 0 Å². The molecule has 1 aromatic heterocycles. The van der Waals surface area contributed by atoms with Crippen molar-refractivity contribution >= 4 is 29.1 Å². The maximum atomic E-state index is 12.6. The van der Waals surface area contributed by atoms with Gasteiger partial charge in [0.05, 0.1) is 12.5 Å². The molecule has 0 aliphatic carbocycles. The lowest BCUT2D eigenvalue weighted by molar-refractivity contribution is -0.115. The van der Waals surface area contributed by atoms with Crippen LogP contribution in [0.5, 0.6) is 0 Å². The molecule has 0 atom stereocenters. The largest absolute Gasteiger partial charge is 0.381 e. The molecule has 1 aliphatic heterocycles. The third-order valence-corrected chi connectivity index (χ3v) is 4.87. The van der Waals surface area contributed by atoms with Crippen LogP contribution in [0.2, 0.25) is 5.02 Å². The fraction of sp³-hybridized carbons (Fsp3) is 0.300. The second kappa shape index (κ2) is 8.83. The molecule has 28 heavy (non-hydrogen) atoms. The summed E-state index contributed by atoms with van der Waals surface area (Å²) in [5.41, 5.74) is 0.316. The Balaban J connectivity index is 1.66. The highest BCUT2D eigenvalue weighted by Gasteiger charge is 2.34. The summed E-state index contributed by atoms with van der Waals surface area (Å²) < 4.78 is 5.26. The smallest absolute Gasteiger partial charge is 0.271 e. The highest BCUT2D eigenvalue weighted by Crippen LogP contribution is 2.21. The molecular weight excluding hydrogens is 380 g/mol. The zero-order valence-electron chi connectivity index (χ0n) is 15.1. The lowest BCUT2D eigenvalue weighted by Gasteiger charge is -2.31. The van der Waals surface area contributed by atoms with Gasteiger partial charge in [0.2, 0.25) is 5.91 Å². The molecule has 0 radical (unpaired) electrons. The number of nitrogens with zero attached hydrogens (tertiary/aromatic N) is 2. The standard InChI is InChI=1S/C20H19ClN4O3/c21-16-4-2-1-3-14(16)11-18(26)24-15-5-8-23-17(12-15)19(27)25-20(13-22)6-9-28-10-7-20/h1-5,8,12H,6-7,9-11H2,(H,25,27)(H,23,24,26). The summed E-state index contributed by atoms with van der Waals surface area (Å²) in [7, 11) is 0. The Labute approximate surface area is 167 Å². The first-order valence-corrected chi connectivity index (χ1v) is 9.20. The maximum absolute atomic E-state index is 12.6. The summed E-state index contributed by atoms with van der Waals surface area (Å²) in [6, 6.07) is 12.4. The van der Waals surface area contributed by atoms with E-state index in [1.54, 1.807) is 24.3 Å². The molecule has 7 nitrogen and oxygen atoms in total. The molecule has 0 saturated carbocycles. The number of anilines is 1. The van der Waals surface area contributed by atoms with Crippen LogP contribution < -0.4 is 10.6 Å². The molecule has 2 aromatic rings. The summed E-state index contributed by atoms with van der Waals surface area (Å²) >= 11 is 6.08. The predicted molar refractivity (Wildman–Crippen MR) is 104 cm³/mol. The number of carbonyl (C=O) groups is 2. The number of halogens is 1. The van der Waals surface area contributed by atoms with Gasteiger partial charge in [-0.1, -0.05) is 29.8 Å². The Morgan fingerprint density at radius 2 is 2.00 bits per heavy atom. The Kier molecular flexibility index (Phi) is 6.24. The number of benzene rings is 1. The van der Waals surface area contributed by atoms with Crippen LogP contribution in [0.3, 0.4) is 0 Å². The molecule has 0 spiro atoms. The van der Waals surface area contributed by atoms with Crippen molar-refractivity contribution in [2.24, 2.45) is 0 Å². The van der Waals surface area contributed by atoms with Gasteiger partial charge in [-0.05, 0) is 23.8 Å². The van der Waals surface area contributed by atoms with Crippen molar-refractivity contribution in [2.75, 3.05) is 18.5 Å². The van der Waals surface area contributed by atoms with E-state index in [2.05, 4.69) is 21.7 Å². The SMILES string of the molecule is N#CC1(NC(=O)c2cc(NC(=O)Cc3ccccc3Cl)ccn2)CCOCC1. The van der Waals surface area contributed by atoms with Crippen molar-refractivity contribution in [1.82, 2.24) is 10.3 Å². The molecular formula is C20H19ClN4O3. The van der Waals surface area contributed by atoms with Crippen LogP contribution in [0.25, 0.3) is 0 Å². The molecule has 1 aliphatic rings. The van der Waals surface area contributed by atoms with Gasteiger partial charge in [0.1, 0.15) is 11.2 Å². The summed E-state index contributed by atoms with van der Waals surface area (Å²) in [4.78, 5) is 28.9. The first kappa shape index (κ1) is 19.8. The molecule has 2 N–H and O–H groups in total. The minimum Gasteiger partial charge on any atom is -0.381 e. The lowest BCUT2D eigenvalue weighted by Crippen LogP contribution is -2.51. The summed E-state index contributed by atoms with van der Waals surface area (Å²) in [5, 5.41) is 15.5. The fourth-order valence-electron chi connectivity index (χ4n) is 2.92. The van der Waals surface area contributed by atoms with Gasteiger partial charge in [-0.25, -0.2) is 0 Å². The Morgan fingerprint density at radius 3 is 2.71 bits per heavy atom. The van der Waals surface area contributed by atoms with Crippen LogP contribution in [0.4, 0.5) is 5.69 Å². The van der Waals surface area contributed by atoms with Crippen molar-refractivity contribution in [3.63, 3.8) is 0 Å². The fourth-order valence-corrected chi connectivity index (χ4v) is 3.12. The van der Waals surface area contributed by atoms with Gasteiger partial charge in [0, 0.05) is 43.0 Å². The second-order valence-corrected chi connectivity index (χ2v) is 6.91. The zero-order valence-corrected chi connectivity index (χ0v) is 15.8. The maximum Gasteiger partial charge on any atom is 0.271 e. The van der Waals surface area contributed by atoms with Crippen LogP contribution in [-0.4, -0.2) is 35.6 Å². The van der Waals surface area contributed by atoms with E-state index in [4.69, 9.17) is 16.3 Å². The lowest BCUT2D eigenvalue weighted by atomic mass is 9.91. The third-order valence-electron chi connectivity index (χ3n) is 4.50. The Bertz CT molecular complexity index is 920. The second-order valence-electron chi connectivity index (χ2n) is 6.51. The first-order valence-electron chi connectivity index (χ1n) is 8.82. The number of hydrogen-bond acceptors (Lipinski definition) is 5. The number of aromatic nitrogens is 1. The van der Waals surface area contributed by atoms with E-state index < -0.39 is 11.4 Å². The number of nitriles is 1. The highest BCUT2D eigenvalue weighted by atomic mass is 35.5. The molecule has 1 saturated heterocycles. The van der Waals surface area contributed by atoms with Crippen molar-refractivity contribution in [1.29, 1.82) is 5.26 Å². The average molecular weight is 399 g/mol. The normalized spacial score (nSPS) is 15.3. The van der Waals surface area contributed by atoms with E-state index in [0.29, 0.717) is 42.3 Å². The number of nitrogens with one attached hydrogen (secondary N) is 2. The van der Waals surface area contributed by atoms with Gasteiger partial charge in [0.15, 0.2) is 0 Å². The predicted octanol–water partition coefficient (Wildman–Crippen LogP) is 2.72. The van der Waals surface area contributed by atoms with Gasteiger partial charge in [0.25, 0.3) is 5.91 Å². The van der Waals surface area contributed by atoms with Crippen molar-refractivity contribution in [3.8, 4) is 6.07 Å². The van der Waals surface area contributed by atoms with E-state index in [1.165, 1.54) is 12.3 Å². The van der Waals surface area contributed by atoms with Crippen LogP contribution in [0.15, 0.2) is 42.6 Å². The molecule has 144 valence electrons. The molecule has 2 amide bonds. The number of hydrogen-bond donors (Lipinski definition) is 2. The molecule has 1 fully saturated rings. The van der Waals surface area contributed by atoms with Crippen LogP contribution in [0, 0.1) is 11.3 Å². The van der Waals surface area contributed by atoms with Crippen LogP contribution >= 0.6 is 11.6 Å². The van der Waals surface area contributed by atoms with Crippen molar-refractivity contribution in [3.05, 3.63) is 58.9 Å². The number of carbonyl (C=O) groups excluding carboxylic acids is 2. The van der Waals surface area contributed by atoms with E-state index in [1.807, 2.05) is 6.07 Å². The first-order chi connectivity index (χ1) is 13.5. The van der Waals surface area contributed by atoms with Crippen LogP contribution in [-0.2, 0) is 16.0 Å². The van der Waals surface area contributed by atoms with Crippen LogP contribution in [0.1, 0.15) is 28.9 Å². The third kappa shape index (κ3) is 4.85. The van der Waals surface area contributed by atoms with Gasteiger partial charge in [-0.3, -0.25) is 14.6 Å². The zero-order chi connectivity index (χ0) is 20.0. The molecule has 2 heterocycles. The monoisotopic (exact) mass is 398 g/mol. The molecule has 8 heteroatoms. The molecule has 0 bridgehead atoms. The number of ether oxygens (including phenoxy) is 1. The number of rotatable bonds is 5. The van der Waals surface area contributed by atoms with Gasteiger partial charge >= 0.3 is 0 Å². The van der Waals surface area contributed by atoms with Gasteiger partial charge in [-0.2, -0.15) is 5.26 Å². The van der Waals surface area contributed by atoms with E-state index in [9.17, 15) is 14.9 Å². The van der Waals surface area contributed by atoms with E-state index in [-0.39, 0.29) is 18.0 Å². The minimum absolute atomic E-state index is 0.112. The number of amides is 2. The molecule has 1 aromatic carbocycles. The topological polar surface area (TPSA) is 104 Å². The van der Waals surface area contributed by atoms with Crippen molar-refractivity contribution < 1.29 is 14.3 Å². The van der Waals surface area contributed by atoms with Gasteiger partial charge < -0.3 is 15.4 Å². The summed E-state index contributed by atoms with van der Waals surface area (Å²) in [6.45, 7) is 0.832. The minimum atomic E-state index is -0.958. The van der Waals surface area contributed by atoms with Gasteiger partial charge in [-0.15, -0.1) is 0 Å². The Morgan fingerprint density at radius 1 is 1.25 bits per heavy atom. The quantitative estimate of drug-likeness (QED) is 0.805.